The largest absolute Gasteiger partial charge is 0.322 e. The van der Waals surface area contributed by atoms with Crippen LogP contribution in [0.4, 0.5) is 5.69 Å². The van der Waals surface area contributed by atoms with Crippen LogP contribution in [-0.4, -0.2) is 16.3 Å². The Hall–Kier alpha value is -2.89. The molecule has 3 aromatic rings. The van der Waals surface area contributed by atoms with Crippen LogP contribution in [0.15, 0.2) is 59.4 Å². The summed E-state index contributed by atoms with van der Waals surface area (Å²) in [7, 11) is 0. The fraction of sp³-hybridized carbons (Fsp3) is 0.136. The lowest BCUT2D eigenvalue weighted by Crippen LogP contribution is -2.33. The maximum absolute atomic E-state index is 13.2. The van der Waals surface area contributed by atoms with Gasteiger partial charge in [0.15, 0.2) is 5.78 Å². The third kappa shape index (κ3) is 3.71. The summed E-state index contributed by atoms with van der Waals surface area (Å²) in [4.78, 5) is 38.7. The van der Waals surface area contributed by atoms with Crippen molar-refractivity contribution in [2.45, 2.75) is 19.3 Å². The van der Waals surface area contributed by atoms with Gasteiger partial charge in [-0.25, -0.2) is 0 Å². The van der Waals surface area contributed by atoms with Crippen LogP contribution in [0.25, 0.3) is 5.69 Å². The summed E-state index contributed by atoms with van der Waals surface area (Å²) in [5.41, 5.74) is 1.51. The molecule has 1 N–H and O–H groups in total. The van der Waals surface area contributed by atoms with Gasteiger partial charge in [-0.1, -0.05) is 41.4 Å². The maximum atomic E-state index is 13.2. The number of hydrogen-bond acceptors (Lipinski definition) is 3. The zero-order valence-electron chi connectivity index (χ0n) is 15.2. The highest BCUT2D eigenvalue weighted by atomic mass is 35.5. The topological polar surface area (TPSA) is 68.2 Å². The summed E-state index contributed by atoms with van der Waals surface area (Å²) in [5.74, 6) is -0.682. The van der Waals surface area contributed by atoms with Crippen LogP contribution < -0.4 is 10.9 Å². The predicted octanol–water partition coefficient (Wildman–Crippen LogP) is 4.92. The number of aromatic nitrogens is 1. The van der Waals surface area contributed by atoms with Crippen molar-refractivity contribution in [2.75, 3.05) is 5.32 Å². The van der Waals surface area contributed by atoms with E-state index in [-0.39, 0.29) is 16.4 Å². The summed E-state index contributed by atoms with van der Waals surface area (Å²) in [6, 6.07) is 15.1. The molecule has 1 aliphatic rings. The first kappa shape index (κ1) is 19.4. The molecule has 1 heterocycles. The number of Topliss-reactive ketones (excluding diaryl/α,β-unsaturated/α-hetero) is 1. The molecule has 7 heteroatoms. The number of hydrogen-bond donors (Lipinski definition) is 1. The second-order valence-electron chi connectivity index (χ2n) is 6.75. The van der Waals surface area contributed by atoms with Crippen molar-refractivity contribution >= 4 is 40.6 Å². The Labute approximate surface area is 176 Å². The molecule has 29 heavy (non-hydrogen) atoms. The summed E-state index contributed by atoms with van der Waals surface area (Å²) < 4.78 is 1.47. The summed E-state index contributed by atoms with van der Waals surface area (Å²) in [5, 5.41) is 3.30. The number of carbonyl (C=O) groups is 2. The SMILES string of the molecule is O=C1CCCc2c1cc(C(=O)Nc1ccc(Cl)c(Cl)c1)c(=O)n2-c1ccccc1. The van der Waals surface area contributed by atoms with E-state index in [0.29, 0.717) is 46.9 Å². The summed E-state index contributed by atoms with van der Waals surface area (Å²) >= 11 is 11.9. The standard InChI is InChI=1S/C22H16Cl2N2O3/c23-17-10-9-13(11-18(17)24)25-21(28)16-12-15-19(7-4-8-20(15)27)26(22(16)29)14-5-2-1-3-6-14/h1-3,5-6,9-12H,4,7-8H2,(H,25,28). The van der Waals surface area contributed by atoms with Crippen LogP contribution in [0.1, 0.15) is 39.3 Å². The Morgan fingerprint density at radius 2 is 1.69 bits per heavy atom. The monoisotopic (exact) mass is 426 g/mol. The van der Waals surface area contributed by atoms with Crippen LogP contribution in [0.2, 0.25) is 10.0 Å². The van der Waals surface area contributed by atoms with Gasteiger partial charge in [0.05, 0.1) is 10.0 Å². The lowest BCUT2D eigenvalue weighted by Gasteiger charge is -2.21. The van der Waals surface area contributed by atoms with E-state index in [1.165, 1.54) is 16.7 Å². The van der Waals surface area contributed by atoms with E-state index in [1.807, 2.05) is 6.07 Å². The Morgan fingerprint density at radius 1 is 0.931 bits per heavy atom. The molecule has 0 spiro atoms. The normalized spacial score (nSPS) is 13.1. The predicted molar refractivity (Wildman–Crippen MR) is 114 cm³/mol. The van der Waals surface area contributed by atoms with Gasteiger partial charge < -0.3 is 5.32 Å². The molecule has 0 fully saturated rings. The fourth-order valence-electron chi connectivity index (χ4n) is 3.48. The molecular weight excluding hydrogens is 411 g/mol. The van der Waals surface area contributed by atoms with Crippen LogP contribution in [0.3, 0.4) is 0 Å². The van der Waals surface area contributed by atoms with Gasteiger partial charge in [0.25, 0.3) is 11.5 Å². The number of pyridine rings is 1. The van der Waals surface area contributed by atoms with Gasteiger partial charge in [-0.15, -0.1) is 0 Å². The van der Waals surface area contributed by atoms with E-state index >= 15 is 0 Å². The van der Waals surface area contributed by atoms with Gasteiger partial charge in [0, 0.05) is 29.1 Å². The number of carbonyl (C=O) groups excluding carboxylic acids is 2. The van der Waals surface area contributed by atoms with Gasteiger partial charge in [-0.2, -0.15) is 0 Å². The Balaban J connectivity index is 1.84. The smallest absolute Gasteiger partial charge is 0.268 e. The second-order valence-corrected chi connectivity index (χ2v) is 7.57. The molecule has 0 bridgehead atoms. The van der Waals surface area contributed by atoms with Crippen molar-refractivity contribution < 1.29 is 9.59 Å². The minimum absolute atomic E-state index is 0.0699. The van der Waals surface area contributed by atoms with Crippen molar-refractivity contribution in [3.8, 4) is 5.69 Å². The number of halogens is 2. The second kappa shape index (κ2) is 7.85. The molecule has 0 unspecified atom stereocenters. The molecule has 2 aromatic carbocycles. The molecule has 1 aliphatic carbocycles. The molecule has 1 aromatic heterocycles. The molecule has 0 atom stereocenters. The molecule has 0 aliphatic heterocycles. The van der Waals surface area contributed by atoms with Crippen molar-refractivity contribution in [2.24, 2.45) is 0 Å². The van der Waals surface area contributed by atoms with Gasteiger partial charge in [0.2, 0.25) is 0 Å². The lowest BCUT2D eigenvalue weighted by molar-refractivity contribution is 0.0971. The number of ketones is 1. The third-order valence-electron chi connectivity index (χ3n) is 4.86. The lowest BCUT2D eigenvalue weighted by atomic mass is 9.92. The molecule has 5 nitrogen and oxygen atoms in total. The molecule has 146 valence electrons. The van der Waals surface area contributed by atoms with E-state index in [1.54, 1.807) is 36.4 Å². The first-order chi connectivity index (χ1) is 14.0. The van der Waals surface area contributed by atoms with E-state index in [2.05, 4.69) is 5.32 Å². The van der Waals surface area contributed by atoms with Crippen LogP contribution in [0.5, 0.6) is 0 Å². The van der Waals surface area contributed by atoms with Crippen molar-refractivity contribution in [3.05, 3.63) is 91.8 Å². The van der Waals surface area contributed by atoms with E-state index in [9.17, 15) is 14.4 Å². The van der Waals surface area contributed by atoms with Gasteiger partial charge >= 0.3 is 0 Å². The van der Waals surface area contributed by atoms with Gasteiger partial charge in [0.1, 0.15) is 5.56 Å². The number of nitrogens with zero attached hydrogens (tertiary/aromatic N) is 1. The van der Waals surface area contributed by atoms with Gasteiger partial charge in [-0.05, 0) is 49.2 Å². The summed E-state index contributed by atoms with van der Waals surface area (Å²) in [6.45, 7) is 0. The van der Waals surface area contributed by atoms with Crippen LogP contribution in [0, 0.1) is 0 Å². The van der Waals surface area contributed by atoms with E-state index in [0.717, 1.165) is 0 Å². The van der Waals surface area contributed by atoms with Crippen molar-refractivity contribution in [3.63, 3.8) is 0 Å². The highest BCUT2D eigenvalue weighted by molar-refractivity contribution is 6.42. The van der Waals surface area contributed by atoms with Crippen molar-refractivity contribution in [1.29, 1.82) is 0 Å². The quantitative estimate of drug-likeness (QED) is 0.646. The average Bonchev–Trinajstić information content (AvgIpc) is 2.71. The zero-order chi connectivity index (χ0) is 20.5. The zero-order valence-corrected chi connectivity index (χ0v) is 16.8. The fourth-order valence-corrected chi connectivity index (χ4v) is 3.78. The number of para-hydroxylation sites is 1. The number of benzene rings is 2. The highest BCUT2D eigenvalue weighted by Crippen LogP contribution is 2.26. The van der Waals surface area contributed by atoms with Crippen LogP contribution >= 0.6 is 23.2 Å². The first-order valence-corrected chi connectivity index (χ1v) is 9.85. The van der Waals surface area contributed by atoms with Crippen LogP contribution in [-0.2, 0) is 6.42 Å². The van der Waals surface area contributed by atoms with E-state index < -0.39 is 11.5 Å². The number of nitrogens with one attached hydrogen (secondary N) is 1. The molecule has 0 radical (unpaired) electrons. The highest BCUT2D eigenvalue weighted by Gasteiger charge is 2.26. The number of rotatable bonds is 3. The van der Waals surface area contributed by atoms with Gasteiger partial charge in [-0.3, -0.25) is 19.0 Å². The molecular formula is C22H16Cl2N2O3. The molecule has 0 saturated carbocycles. The maximum Gasteiger partial charge on any atom is 0.268 e. The number of fused-ring (bicyclic) bond motifs is 1. The average molecular weight is 427 g/mol. The minimum atomic E-state index is -0.612. The number of amides is 1. The Bertz CT molecular complexity index is 1190. The Morgan fingerprint density at radius 3 is 2.41 bits per heavy atom. The third-order valence-corrected chi connectivity index (χ3v) is 5.60. The summed E-state index contributed by atoms with van der Waals surface area (Å²) in [6.07, 6.45) is 1.67. The minimum Gasteiger partial charge on any atom is -0.322 e. The molecule has 0 saturated heterocycles. The molecule has 4 rings (SSSR count). The van der Waals surface area contributed by atoms with Crippen molar-refractivity contribution in [1.82, 2.24) is 4.57 Å². The Kier molecular flexibility index (Phi) is 5.26. The molecule has 1 amide bonds. The van der Waals surface area contributed by atoms with E-state index in [4.69, 9.17) is 23.2 Å². The number of anilines is 1. The first-order valence-electron chi connectivity index (χ1n) is 9.09.